The first-order valence-corrected chi connectivity index (χ1v) is 6.46. The van der Waals surface area contributed by atoms with Crippen molar-refractivity contribution in [2.45, 2.75) is 0 Å². The van der Waals surface area contributed by atoms with E-state index in [-0.39, 0.29) is 5.56 Å². The molecule has 1 heterocycles. The van der Waals surface area contributed by atoms with Crippen LogP contribution in [0.25, 0.3) is 22.4 Å². The molecular weight excluding hydrogens is 284 g/mol. The summed E-state index contributed by atoms with van der Waals surface area (Å²) < 4.78 is 26.8. The third-order valence-electron chi connectivity index (χ3n) is 3.21. The number of aromatic nitrogens is 2. The van der Waals surface area contributed by atoms with Gasteiger partial charge in [0.2, 0.25) is 0 Å². The van der Waals surface area contributed by atoms with Crippen molar-refractivity contribution in [2.75, 3.05) is 0 Å². The van der Waals surface area contributed by atoms with Crippen molar-refractivity contribution >= 4 is 0 Å². The van der Waals surface area contributed by atoms with E-state index in [9.17, 15) is 8.78 Å². The van der Waals surface area contributed by atoms with Gasteiger partial charge in [-0.15, -0.1) is 0 Å². The second kappa shape index (κ2) is 5.70. The molecule has 0 aliphatic heterocycles. The van der Waals surface area contributed by atoms with Crippen LogP contribution in [0.3, 0.4) is 0 Å². The summed E-state index contributed by atoms with van der Waals surface area (Å²) in [6.45, 7) is 0. The molecular formula is C17H9F2N3. The summed E-state index contributed by atoms with van der Waals surface area (Å²) in [4.78, 5) is 0. The lowest BCUT2D eigenvalue weighted by molar-refractivity contribution is 0.585. The fourth-order valence-electron chi connectivity index (χ4n) is 2.09. The molecule has 3 rings (SSSR count). The van der Waals surface area contributed by atoms with Gasteiger partial charge in [-0.25, -0.2) is 8.78 Å². The Hall–Kier alpha value is -3.13. The SMILES string of the molecule is N#Cc1ccc(-c2cnnc(-c3ccc(F)cc3F)c2)cc1. The first-order chi connectivity index (χ1) is 10.7. The molecule has 0 saturated carbocycles. The summed E-state index contributed by atoms with van der Waals surface area (Å²) >= 11 is 0. The van der Waals surface area contributed by atoms with Crippen molar-refractivity contribution in [3.63, 3.8) is 0 Å². The van der Waals surface area contributed by atoms with Crippen LogP contribution >= 0.6 is 0 Å². The number of halogens is 2. The summed E-state index contributed by atoms with van der Waals surface area (Å²) in [7, 11) is 0. The highest BCUT2D eigenvalue weighted by Crippen LogP contribution is 2.26. The molecule has 0 unspecified atom stereocenters. The average molecular weight is 293 g/mol. The van der Waals surface area contributed by atoms with E-state index < -0.39 is 11.6 Å². The maximum absolute atomic E-state index is 13.8. The van der Waals surface area contributed by atoms with Gasteiger partial charge in [-0.3, -0.25) is 0 Å². The topological polar surface area (TPSA) is 49.6 Å². The minimum atomic E-state index is -0.689. The number of hydrogen-bond donors (Lipinski definition) is 0. The lowest BCUT2D eigenvalue weighted by Gasteiger charge is -2.05. The highest BCUT2D eigenvalue weighted by Gasteiger charge is 2.10. The maximum Gasteiger partial charge on any atom is 0.135 e. The van der Waals surface area contributed by atoms with Gasteiger partial charge in [0.15, 0.2) is 0 Å². The molecule has 0 radical (unpaired) electrons. The molecule has 106 valence electrons. The molecule has 0 N–H and O–H groups in total. The first kappa shape index (κ1) is 13.8. The van der Waals surface area contributed by atoms with E-state index in [2.05, 4.69) is 10.2 Å². The second-order valence-corrected chi connectivity index (χ2v) is 4.64. The number of nitrogens with zero attached hydrogens (tertiary/aromatic N) is 3. The van der Waals surface area contributed by atoms with Crippen LogP contribution in [0.4, 0.5) is 8.78 Å². The van der Waals surface area contributed by atoms with Crippen molar-refractivity contribution in [1.82, 2.24) is 10.2 Å². The zero-order valence-corrected chi connectivity index (χ0v) is 11.3. The summed E-state index contributed by atoms with van der Waals surface area (Å²) in [5.41, 5.74) is 2.62. The number of benzene rings is 2. The predicted molar refractivity (Wildman–Crippen MR) is 77.5 cm³/mol. The molecule has 5 heteroatoms. The van der Waals surface area contributed by atoms with Gasteiger partial charge in [0.05, 0.1) is 23.5 Å². The Labute approximate surface area is 125 Å². The van der Waals surface area contributed by atoms with Gasteiger partial charge in [0.25, 0.3) is 0 Å². The predicted octanol–water partition coefficient (Wildman–Crippen LogP) is 3.96. The van der Waals surface area contributed by atoms with Gasteiger partial charge in [0.1, 0.15) is 11.6 Å². The van der Waals surface area contributed by atoms with E-state index in [1.165, 1.54) is 12.1 Å². The highest BCUT2D eigenvalue weighted by atomic mass is 19.1. The van der Waals surface area contributed by atoms with Crippen LogP contribution in [0.5, 0.6) is 0 Å². The van der Waals surface area contributed by atoms with Crippen LogP contribution in [0.15, 0.2) is 54.7 Å². The Morgan fingerprint density at radius 2 is 1.68 bits per heavy atom. The molecule has 0 amide bonds. The number of hydrogen-bond acceptors (Lipinski definition) is 3. The van der Waals surface area contributed by atoms with Crippen molar-refractivity contribution in [1.29, 1.82) is 5.26 Å². The Kier molecular flexibility index (Phi) is 3.58. The standard InChI is InChI=1S/C17H9F2N3/c18-14-5-6-15(16(19)8-14)17-7-13(10-21-22-17)12-3-1-11(9-20)2-4-12/h1-8,10H. The van der Waals surface area contributed by atoms with Crippen molar-refractivity contribution < 1.29 is 8.78 Å². The van der Waals surface area contributed by atoms with E-state index in [0.29, 0.717) is 11.3 Å². The molecule has 2 aromatic carbocycles. The lowest BCUT2D eigenvalue weighted by Crippen LogP contribution is -1.93. The van der Waals surface area contributed by atoms with Gasteiger partial charge in [0, 0.05) is 17.2 Å². The van der Waals surface area contributed by atoms with Crippen molar-refractivity contribution in [3.05, 3.63) is 71.9 Å². The minimum Gasteiger partial charge on any atom is -0.207 e. The van der Waals surface area contributed by atoms with E-state index in [1.807, 2.05) is 6.07 Å². The second-order valence-electron chi connectivity index (χ2n) is 4.64. The summed E-state index contributed by atoms with van der Waals surface area (Å²) in [6, 6.07) is 14.0. The summed E-state index contributed by atoms with van der Waals surface area (Å²) in [5, 5.41) is 16.6. The minimum absolute atomic E-state index is 0.185. The third-order valence-corrected chi connectivity index (χ3v) is 3.21. The van der Waals surface area contributed by atoms with Crippen LogP contribution < -0.4 is 0 Å². The summed E-state index contributed by atoms with van der Waals surface area (Å²) in [6.07, 6.45) is 1.55. The van der Waals surface area contributed by atoms with E-state index >= 15 is 0 Å². The molecule has 0 saturated heterocycles. The van der Waals surface area contributed by atoms with Crippen LogP contribution in [-0.4, -0.2) is 10.2 Å². The smallest absolute Gasteiger partial charge is 0.135 e. The molecule has 0 fully saturated rings. The van der Waals surface area contributed by atoms with E-state index in [4.69, 9.17) is 5.26 Å². The quantitative estimate of drug-likeness (QED) is 0.718. The Balaban J connectivity index is 2.03. The normalized spacial score (nSPS) is 10.2. The Morgan fingerprint density at radius 1 is 0.909 bits per heavy atom. The van der Waals surface area contributed by atoms with Crippen LogP contribution in [0.2, 0.25) is 0 Å². The number of nitriles is 1. The van der Waals surface area contributed by atoms with Gasteiger partial charge < -0.3 is 0 Å². The first-order valence-electron chi connectivity index (χ1n) is 6.46. The largest absolute Gasteiger partial charge is 0.207 e. The van der Waals surface area contributed by atoms with E-state index in [1.54, 1.807) is 36.5 Å². The monoisotopic (exact) mass is 293 g/mol. The van der Waals surface area contributed by atoms with Crippen LogP contribution in [0.1, 0.15) is 5.56 Å². The molecule has 0 bridgehead atoms. The molecule has 0 aliphatic carbocycles. The molecule has 22 heavy (non-hydrogen) atoms. The van der Waals surface area contributed by atoms with Crippen LogP contribution in [-0.2, 0) is 0 Å². The highest BCUT2D eigenvalue weighted by molar-refractivity contribution is 5.70. The van der Waals surface area contributed by atoms with Gasteiger partial charge in [-0.2, -0.15) is 15.5 Å². The van der Waals surface area contributed by atoms with E-state index in [0.717, 1.165) is 17.2 Å². The third kappa shape index (κ3) is 2.67. The van der Waals surface area contributed by atoms with Gasteiger partial charge >= 0.3 is 0 Å². The molecule has 0 aliphatic rings. The van der Waals surface area contributed by atoms with Crippen LogP contribution in [0, 0.1) is 23.0 Å². The Bertz CT molecular complexity index is 868. The number of rotatable bonds is 2. The Morgan fingerprint density at radius 3 is 2.36 bits per heavy atom. The van der Waals surface area contributed by atoms with Crippen molar-refractivity contribution in [2.24, 2.45) is 0 Å². The molecule has 3 aromatic rings. The van der Waals surface area contributed by atoms with Gasteiger partial charge in [-0.05, 0) is 35.9 Å². The fraction of sp³-hybridized carbons (Fsp3) is 0. The molecule has 0 atom stereocenters. The average Bonchev–Trinajstić information content (AvgIpc) is 2.55. The molecule has 1 aromatic heterocycles. The zero-order valence-electron chi connectivity index (χ0n) is 11.3. The maximum atomic E-state index is 13.8. The van der Waals surface area contributed by atoms with Gasteiger partial charge in [-0.1, -0.05) is 12.1 Å². The zero-order chi connectivity index (χ0) is 15.5. The summed E-state index contributed by atoms with van der Waals surface area (Å²) in [5.74, 6) is -1.33. The lowest BCUT2D eigenvalue weighted by atomic mass is 10.0. The molecule has 3 nitrogen and oxygen atoms in total. The van der Waals surface area contributed by atoms with Crippen molar-refractivity contribution in [3.8, 4) is 28.5 Å². The fourth-order valence-corrected chi connectivity index (χ4v) is 2.09. The molecule has 0 spiro atoms.